The van der Waals surface area contributed by atoms with Crippen molar-refractivity contribution >= 4 is 11.9 Å². The molecule has 0 spiro atoms. The minimum absolute atomic E-state index is 0.0821. The second-order valence-corrected chi connectivity index (χ2v) is 4.36. The Hall–Kier alpha value is -1.85. The van der Waals surface area contributed by atoms with Crippen molar-refractivity contribution in [3.63, 3.8) is 0 Å². The summed E-state index contributed by atoms with van der Waals surface area (Å²) in [6.07, 6.45) is 3.77. The summed E-state index contributed by atoms with van der Waals surface area (Å²) < 4.78 is 1.76. The summed E-state index contributed by atoms with van der Waals surface area (Å²) in [6, 6.07) is 0. The Kier molecular flexibility index (Phi) is 3.12. The van der Waals surface area contributed by atoms with E-state index in [0.29, 0.717) is 19.6 Å². The first-order chi connectivity index (χ1) is 8.06. The fraction of sp³-hybridized carbons (Fsp3) is 0.545. The highest BCUT2D eigenvalue weighted by Gasteiger charge is 2.33. The van der Waals surface area contributed by atoms with Crippen LogP contribution in [0, 0.1) is 12.8 Å². The highest BCUT2D eigenvalue weighted by molar-refractivity contribution is 5.86. The molecule has 1 aromatic rings. The number of aryl methyl sites for hydroxylation is 1. The molecule has 0 aromatic carbocycles. The predicted molar refractivity (Wildman–Crippen MR) is 59.3 cm³/mol. The molecule has 1 aliphatic heterocycles. The molecule has 92 valence electrons. The molecule has 2 heterocycles. The second kappa shape index (κ2) is 4.57. The van der Waals surface area contributed by atoms with Crippen LogP contribution in [-0.2, 0) is 16.1 Å². The van der Waals surface area contributed by atoms with Crippen LogP contribution in [0.2, 0.25) is 0 Å². The van der Waals surface area contributed by atoms with Crippen molar-refractivity contribution in [2.75, 3.05) is 13.1 Å². The van der Waals surface area contributed by atoms with Crippen molar-refractivity contribution in [1.29, 1.82) is 0 Å². The first-order valence-corrected chi connectivity index (χ1v) is 5.56. The Balaban J connectivity index is 1.88. The summed E-state index contributed by atoms with van der Waals surface area (Å²) in [4.78, 5) is 23.9. The minimum Gasteiger partial charge on any atom is -0.481 e. The molecule has 0 bridgehead atoms. The number of aromatic nitrogens is 2. The summed E-state index contributed by atoms with van der Waals surface area (Å²) in [6.45, 7) is 3.38. The van der Waals surface area contributed by atoms with Gasteiger partial charge in [-0.15, -0.1) is 0 Å². The van der Waals surface area contributed by atoms with Crippen LogP contribution in [-0.4, -0.2) is 44.8 Å². The molecule has 1 aliphatic rings. The molecule has 0 radical (unpaired) electrons. The third-order valence-corrected chi connectivity index (χ3v) is 2.93. The smallest absolute Gasteiger partial charge is 0.308 e. The van der Waals surface area contributed by atoms with Gasteiger partial charge in [-0.3, -0.25) is 14.3 Å². The lowest BCUT2D eigenvalue weighted by Crippen LogP contribution is -2.29. The van der Waals surface area contributed by atoms with Gasteiger partial charge >= 0.3 is 5.97 Å². The number of carbonyl (C=O) groups excluding carboxylic acids is 1. The van der Waals surface area contributed by atoms with Gasteiger partial charge in [0.2, 0.25) is 5.91 Å². The van der Waals surface area contributed by atoms with Gasteiger partial charge in [-0.1, -0.05) is 0 Å². The summed E-state index contributed by atoms with van der Waals surface area (Å²) >= 11 is 0. The quantitative estimate of drug-likeness (QED) is 0.807. The van der Waals surface area contributed by atoms with Gasteiger partial charge in [0.15, 0.2) is 0 Å². The maximum atomic E-state index is 11.5. The lowest BCUT2D eigenvalue weighted by molar-refractivity contribution is -0.141. The molecule has 1 atom stereocenters. The van der Waals surface area contributed by atoms with Gasteiger partial charge in [0.05, 0.1) is 18.7 Å². The largest absolute Gasteiger partial charge is 0.481 e. The SMILES string of the molecule is Cc1cnn(CCN2CC(C(=O)O)CC2=O)c1. The lowest BCUT2D eigenvalue weighted by Gasteiger charge is -2.15. The van der Waals surface area contributed by atoms with E-state index < -0.39 is 11.9 Å². The summed E-state index contributed by atoms with van der Waals surface area (Å²) in [5.41, 5.74) is 1.07. The molecule has 1 fully saturated rings. The topological polar surface area (TPSA) is 75.4 Å². The van der Waals surface area contributed by atoms with E-state index in [-0.39, 0.29) is 12.3 Å². The van der Waals surface area contributed by atoms with Crippen LogP contribution in [0.25, 0.3) is 0 Å². The molecule has 2 rings (SSSR count). The van der Waals surface area contributed by atoms with Gasteiger partial charge in [-0.25, -0.2) is 0 Å². The molecule has 6 heteroatoms. The van der Waals surface area contributed by atoms with Gasteiger partial charge in [-0.05, 0) is 12.5 Å². The number of carboxylic acid groups (broad SMARTS) is 1. The fourth-order valence-corrected chi connectivity index (χ4v) is 1.97. The van der Waals surface area contributed by atoms with Crippen LogP contribution >= 0.6 is 0 Å². The average molecular weight is 237 g/mol. The number of nitrogens with zero attached hydrogens (tertiary/aromatic N) is 3. The molecule has 1 saturated heterocycles. The molecule has 17 heavy (non-hydrogen) atoms. The molecular formula is C11H15N3O3. The van der Waals surface area contributed by atoms with Crippen molar-refractivity contribution < 1.29 is 14.7 Å². The number of likely N-dealkylation sites (tertiary alicyclic amines) is 1. The van der Waals surface area contributed by atoms with Gasteiger partial charge in [0.1, 0.15) is 0 Å². The maximum Gasteiger partial charge on any atom is 0.308 e. The zero-order chi connectivity index (χ0) is 12.4. The lowest BCUT2D eigenvalue weighted by atomic mass is 10.1. The van der Waals surface area contributed by atoms with Crippen LogP contribution in [0.5, 0.6) is 0 Å². The Bertz CT molecular complexity index is 441. The molecular weight excluding hydrogens is 222 g/mol. The molecule has 0 aliphatic carbocycles. The van der Waals surface area contributed by atoms with Crippen molar-refractivity contribution in [2.24, 2.45) is 5.92 Å². The third kappa shape index (κ3) is 2.64. The first kappa shape index (κ1) is 11.6. The Morgan fingerprint density at radius 3 is 2.88 bits per heavy atom. The predicted octanol–water partition coefficient (Wildman–Crippen LogP) is 0.125. The third-order valence-electron chi connectivity index (χ3n) is 2.93. The number of hydrogen-bond acceptors (Lipinski definition) is 3. The van der Waals surface area contributed by atoms with E-state index in [2.05, 4.69) is 5.10 Å². The Morgan fingerprint density at radius 1 is 1.59 bits per heavy atom. The van der Waals surface area contributed by atoms with E-state index in [1.807, 2.05) is 13.1 Å². The Morgan fingerprint density at radius 2 is 2.35 bits per heavy atom. The van der Waals surface area contributed by atoms with Crippen LogP contribution in [0.15, 0.2) is 12.4 Å². The standard InChI is InChI=1S/C11H15N3O3/c1-8-5-12-14(6-8)3-2-13-7-9(11(16)17)4-10(13)15/h5-6,9H,2-4,7H2,1H3,(H,16,17). The van der Waals surface area contributed by atoms with Gasteiger partial charge in [0, 0.05) is 25.7 Å². The van der Waals surface area contributed by atoms with Crippen LogP contribution in [0.1, 0.15) is 12.0 Å². The fourth-order valence-electron chi connectivity index (χ4n) is 1.97. The number of hydrogen-bond donors (Lipinski definition) is 1. The van der Waals surface area contributed by atoms with Crippen molar-refractivity contribution in [3.8, 4) is 0 Å². The second-order valence-electron chi connectivity index (χ2n) is 4.36. The van der Waals surface area contributed by atoms with E-state index in [1.165, 1.54) is 0 Å². The molecule has 6 nitrogen and oxygen atoms in total. The molecule has 1 N–H and O–H groups in total. The number of carbonyl (C=O) groups is 2. The minimum atomic E-state index is -0.893. The average Bonchev–Trinajstić information content (AvgIpc) is 2.82. The van der Waals surface area contributed by atoms with Gasteiger partial charge < -0.3 is 10.0 Å². The highest BCUT2D eigenvalue weighted by atomic mass is 16.4. The molecule has 1 amide bonds. The van der Waals surface area contributed by atoms with Crippen molar-refractivity contribution in [3.05, 3.63) is 18.0 Å². The first-order valence-electron chi connectivity index (χ1n) is 5.56. The van der Waals surface area contributed by atoms with Gasteiger partial charge in [-0.2, -0.15) is 5.10 Å². The Labute approximate surface area is 98.8 Å². The number of aliphatic carboxylic acids is 1. The van der Waals surface area contributed by atoms with Gasteiger partial charge in [0.25, 0.3) is 0 Å². The van der Waals surface area contributed by atoms with Crippen LogP contribution in [0.3, 0.4) is 0 Å². The highest BCUT2D eigenvalue weighted by Crippen LogP contribution is 2.17. The zero-order valence-corrected chi connectivity index (χ0v) is 9.67. The number of rotatable bonds is 4. The summed E-state index contributed by atoms with van der Waals surface area (Å²) in [5, 5.41) is 13.0. The summed E-state index contributed by atoms with van der Waals surface area (Å²) in [5.74, 6) is -1.53. The maximum absolute atomic E-state index is 11.5. The van der Waals surface area contributed by atoms with E-state index >= 15 is 0 Å². The van der Waals surface area contributed by atoms with Crippen molar-refractivity contribution in [1.82, 2.24) is 14.7 Å². The zero-order valence-electron chi connectivity index (χ0n) is 9.67. The van der Waals surface area contributed by atoms with E-state index in [4.69, 9.17) is 5.11 Å². The summed E-state index contributed by atoms with van der Waals surface area (Å²) in [7, 11) is 0. The van der Waals surface area contributed by atoms with E-state index in [0.717, 1.165) is 5.56 Å². The van der Waals surface area contributed by atoms with Crippen LogP contribution in [0.4, 0.5) is 0 Å². The number of carboxylic acids is 1. The molecule has 0 saturated carbocycles. The molecule has 1 aromatic heterocycles. The van der Waals surface area contributed by atoms with E-state index in [9.17, 15) is 9.59 Å². The van der Waals surface area contributed by atoms with E-state index in [1.54, 1.807) is 15.8 Å². The van der Waals surface area contributed by atoms with Crippen LogP contribution < -0.4 is 0 Å². The monoisotopic (exact) mass is 237 g/mol. The van der Waals surface area contributed by atoms with Crippen molar-refractivity contribution in [2.45, 2.75) is 19.9 Å². The number of amides is 1. The normalized spacial score (nSPS) is 19.9. The molecule has 1 unspecified atom stereocenters.